The van der Waals surface area contributed by atoms with Crippen LogP contribution in [0.5, 0.6) is 17.2 Å². The number of hydrogen-bond donors (Lipinski definition) is 0. The van der Waals surface area contributed by atoms with Gasteiger partial charge in [-0.3, -0.25) is 9.59 Å². The molecule has 0 unspecified atom stereocenters. The minimum Gasteiger partial charge on any atom is -0.493 e. The molecule has 2 aromatic rings. The highest BCUT2D eigenvalue weighted by Crippen LogP contribution is 2.40. The molecule has 7 heteroatoms. The number of fused-ring (bicyclic) bond motifs is 1. The second-order valence-corrected chi connectivity index (χ2v) is 10.5. The molecule has 2 fully saturated rings. The standard InChI is InChI=1S/C31H38N2O5/c1-2-36-26-8-4-3-7-25(26)11-13-30(35)32-17-14-31(15-18-32)16-19-33(23-31)29(34)9-5-6-24-10-12-27-28(22-24)38-21-20-37-27/h3-4,7-8,10-13,22H,2,5-6,9,14-21,23H2,1H3. The average Bonchev–Trinajstić information content (AvgIpc) is 3.36. The van der Waals surface area contributed by atoms with Crippen LogP contribution in [-0.2, 0) is 16.0 Å². The molecule has 2 saturated heterocycles. The molecular weight excluding hydrogens is 480 g/mol. The molecule has 0 saturated carbocycles. The number of amides is 2. The number of para-hydroxylation sites is 1. The van der Waals surface area contributed by atoms with Crippen molar-refractivity contribution in [3.05, 3.63) is 59.7 Å². The Morgan fingerprint density at radius 3 is 2.50 bits per heavy atom. The van der Waals surface area contributed by atoms with Crippen molar-refractivity contribution in [3.63, 3.8) is 0 Å². The number of nitrogens with zero attached hydrogens (tertiary/aromatic N) is 2. The van der Waals surface area contributed by atoms with Crippen molar-refractivity contribution in [3.8, 4) is 17.2 Å². The van der Waals surface area contributed by atoms with Crippen LogP contribution < -0.4 is 14.2 Å². The van der Waals surface area contributed by atoms with E-state index in [-0.39, 0.29) is 17.2 Å². The molecule has 3 heterocycles. The molecule has 0 radical (unpaired) electrons. The summed E-state index contributed by atoms with van der Waals surface area (Å²) < 4.78 is 16.9. The number of likely N-dealkylation sites (tertiary alicyclic amines) is 2. The van der Waals surface area contributed by atoms with E-state index >= 15 is 0 Å². The molecule has 1 spiro atoms. The molecule has 3 aliphatic rings. The van der Waals surface area contributed by atoms with Crippen molar-refractivity contribution in [1.29, 1.82) is 0 Å². The zero-order chi connectivity index (χ0) is 26.4. The Hall–Kier alpha value is -3.48. The summed E-state index contributed by atoms with van der Waals surface area (Å²) in [5.74, 6) is 2.68. The average molecular weight is 519 g/mol. The Kier molecular flexibility index (Phi) is 8.20. The van der Waals surface area contributed by atoms with Crippen LogP contribution in [0.2, 0.25) is 0 Å². The monoisotopic (exact) mass is 518 g/mol. The number of hydrogen-bond acceptors (Lipinski definition) is 5. The van der Waals surface area contributed by atoms with Gasteiger partial charge in [-0.25, -0.2) is 0 Å². The number of carbonyl (C=O) groups excluding carboxylic acids is 2. The van der Waals surface area contributed by atoms with Crippen LogP contribution in [0.25, 0.3) is 6.08 Å². The van der Waals surface area contributed by atoms with Gasteiger partial charge in [0.2, 0.25) is 11.8 Å². The first-order valence-electron chi connectivity index (χ1n) is 13.9. The highest BCUT2D eigenvalue weighted by Gasteiger charge is 2.42. The van der Waals surface area contributed by atoms with Gasteiger partial charge < -0.3 is 24.0 Å². The van der Waals surface area contributed by atoms with Gasteiger partial charge in [0.25, 0.3) is 0 Å². The first-order valence-corrected chi connectivity index (χ1v) is 13.9. The first kappa shape index (κ1) is 26.1. The minimum absolute atomic E-state index is 0.0382. The molecule has 3 aliphatic heterocycles. The van der Waals surface area contributed by atoms with Crippen LogP contribution in [0.1, 0.15) is 50.2 Å². The van der Waals surface area contributed by atoms with Gasteiger partial charge in [0, 0.05) is 44.2 Å². The molecule has 7 nitrogen and oxygen atoms in total. The third kappa shape index (κ3) is 6.14. The van der Waals surface area contributed by atoms with Crippen LogP contribution in [0, 0.1) is 5.41 Å². The van der Waals surface area contributed by atoms with E-state index in [1.165, 1.54) is 5.56 Å². The summed E-state index contributed by atoms with van der Waals surface area (Å²) in [4.78, 5) is 29.8. The van der Waals surface area contributed by atoms with E-state index in [0.29, 0.717) is 26.2 Å². The molecule has 38 heavy (non-hydrogen) atoms. The molecule has 0 bridgehead atoms. The predicted octanol–water partition coefficient (Wildman–Crippen LogP) is 4.73. The van der Waals surface area contributed by atoms with Crippen molar-refractivity contribution < 1.29 is 23.8 Å². The maximum atomic E-state index is 13.0. The Morgan fingerprint density at radius 2 is 1.71 bits per heavy atom. The van der Waals surface area contributed by atoms with Gasteiger partial charge in [-0.1, -0.05) is 24.3 Å². The van der Waals surface area contributed by atoms with E-state index in [1.807, 2.05) is 59.2 Å². The quantitative estimate of drug-likeness (QED) is 0.473. The molecule has 0 aromatic heterocycles. The predicted molar refractivity (Wildman–Crippen MR) is 146 cm³/mol. The van der Waals surface area contributed by atoms with Gasteiger partial charge in [0.15, 0.2) is 11.5 Å². The van der Waals surface area contributed by atoms with Crippen molar-refractivity contribution in [2.75, 3.05) is 46.0 Å². The summed E-state index contributed by atoms with van der Waals surface area (Å²) in [6, 6.07) is 13.8. The van der Waals surface area contributed by atoms with Crippen molar-refractivity contribution in [2.24, 2.45) is 5.41 Å². The number of ether oxygens (including phenoxy) is 3. The fourth-order valence-electron chi connectivity index (χ4n) is 5.77. The summed E-state index contributed by atoms with van der Waals surface area (Å²) in [6.07, 6.45) is 8.65. The van der Waals surface area contributed by atoms with Crippen LogP contribution in [-0.4, -0.2) is 67.6 Å². The number of aryl methyl sites for hydroxylation is 1. The van der Waals surface area contributed by atoms with E-state index in [1.54, 1.807) is 6.08 Å². The lowest BCUT2D eigenvalue weighted by Crippen LogP contribution is -2.44. The van der Waals surface area contributed by atoms with E-state index < -0.39 is 0 Å². The smallest absolute Gasteiger partial charge is 0.246 e. The van der Waals surface area contributed by atoms with E-state index in [0.717, 1.165) is 81.1 Å². The zero-order valence-corrected chi connectivity index (χ0v) is 22.3. The Morgan fingerprint density at radius 1 is 0.974 bits per heavy atom. The van der Waals surface area contributed by atoms with Crippen LogP contribution in [0.3, 0.4) is 0 Å². The summed E-state index contributed by atoms with van der Waals surface area (Å²) in [5, 5.41) is 0. The summed E-state index contributed by atoms with van der Waals surface area (Å²) >= 11 is 0. The van der Waals surface area contributed by atoms with Gasteiger partial charge in [-0.05, 0) is 74.3 Å². The second-order valence-electron chi connectivity index (χ2n) is 10.5. The van der Waals surface area contributed by atoms with Crippen molar-refractivity contribution >= 4 is 17.9 Å². The highest BCUT2D eigenvalue weighted by atomic mass is 16.6. The van der Waals surface area contributed by atoms with Gasteiger partial charge in [0.05, 0.1) is 6.61 Å². The lowest BCUT2D eigenvalue weighted by Gasteiger charge is -2.39. The maximum absolute atomic E-state index is 13.0. The Balaban J connectivity index is 1.06. The third-order valence-electron chi connectivity index (χ3n) is 8.01. The van der Waals surface area contributed by atoms with E-state index in [2.05, 4.69) is 6.07 Å². The van der Waals surface area contributed by atoms with Crippen molar-refractivity contribution in [2.45, 2.75) is 45.4 Å². The van der Waals surface area contributed by atoms with Gasteiger partial charge in [-0.15, -0.1) is 0 Å². The minimum atomic E-state index is 0.0382. The van der Waals surface area contributed by atoms with Gasteiger partial charge in [-0.2, -0.15) is 0 Å². The first-order chi connectivity index (χ1) is 18.5. The lowest BCUT2D eigenvalue weighted by atomic mass is 9.78. The summed E-state index contributed by atoms with van der Waals surface area (Å²) in [5.41, 5.74) is 2.23. The SMILES string of the molecule is CCOc1ccccc1C=CC(=O)N1CCC2(CC1)CCN(C(=O)CCCc1ccc3c(c1)OCCO3)C2. The van der Waals surface area contributed by atoms with E-state index in [9.17, 15) is 9.59 Å². The molecule has 0 N–H and O–H groups in total. The Labute approximate surface area is 225 Å². The molecule has 0 atom stereocenters. The lowest BCUT2D eigenvalue weighted by molar-refractivity contribution is -0.132. The number of carbonyl (C=O) groups is 2. The molecule has 2 amide bonds. The number of rotatable bonds is 8. The van der Waals surface area contributed by atoms with Gasteiger partial charge >= 0.3 is 0 Å². The number of piperidine rings is 1. The second kappa shape index (κ2) is 11.9. The molecular formula is C31H38N2O5. The topological polar surface area (TPSA) is 68.3 Å². The van der Waals surface area contributed by atoms with E-state index in [4.69, 9.17) is 14.2 Å². The van der Waals surface area contributed by atoms with Gasteiger partial charge in [0.1, 0.15) is 19.0 Å². The van der Waals surface area contributed by atoms with Crippen LogP contribution >= 0.6 is 0 Å². The molecule has 2 aromatic carbocycles. The number of benzene rings is 2. The largest absolute Gasteiger partial charge is 0.493 e. The molecule has 0 aliphatic carbocycles. The Bertz CT molecular complexity index is 1170. The van der Waals surface area contributed by atoms with Crippen molar-refractivity contribution in [1.82, 2.24) is 9.80 Å². The molecule has 202 valence electrons. The highest BCUT2D eigenvalue weighted by molar-refractivity contribution is 5.92. The fourth-order valence-corrected chi connectivity index (χ4v) is 5.77. The van der Waals surface area contributed by atoms with Crippen LogP contribution in [0.15, 0.2) is 48.5 Å². The summed E-state index contributed by atoms with van der Waals surface area (Å²) in [7, 11) is 0. The normalized spacial score (nSPS) is 18.2. The van der Waals surface area contributed by atoms with Crippen LogP contribution in [0.4, 0.5) is 0 Å². The zero-order valence-electron chi connectivity index (χ0n) is 22.3. The molecule has 5 rings (SSSR count). The third-order valence-corrected chi connectivity index (χ3v) is 8.01. The summed E-state index contributed by atoms with van der Waals surface area (Å²) in [6.45, 7) is 6.83. The fraction of sp³-hybridized carbons (Fsp3) is 0.484. The maximum Gasteiger partial charge on any atom is 0.246 e.